The van der Waals surface area contributed by atoms with Crippen molar-refractivity contribution in [1.82, 2.24) is 38.9 Å². The van der Waals surface area contributed by atoms with Crippen LogP contribution in [0.25, 0.3) is 28.0 Å². The number of anilines is 1. The lowest BCUT2D eigenvalue weighted by molar-refractivity contribution is 0.610. The molecule has 0 aliphatic carbocycles. The number of pyridine rings is 1. The van der Waals surface area contributed by atoms with E-state index in [4.69, 9.17) is 5.73 Å². The molecule has 0 saturated heterocycles. The zero-order chi connectivity index (χ0) is 22.4. The molecule has 0 saturated carbocycles. The van der Waals surface area contributed by atoms with E-state index in [-0.39, 0.29) is 12.5 Å². The molecular weight excluding hydrogens is 406 g/mol. The second kappa shape index (κ2) is 7.41. The summed E-state index contributed by atoms with van der Waals surface area (Å²) in [5.41, 5.74) is 11.1. The third-order valence-corrected chi connectivity index (χ3v) is 5.27. The number of aromatic nitrogens is 8. The van der Waals surface area contributed by atoms with Crippen LogP contribution in [0.4, 0.5) is 5.95 Å². The third kappa shape index (κ3) is 3.22. The molecule has 1 aromatic carbocycles. The van der Waals surface area contributed by atoms with Crippen LogP contribution in [0.1, 0.15) is 17.2 Å². The van der Waals surface area contributed by atoms with Crippen LogP contribution < -0.4 is 11.4 Å². The van der Waals surface area contributed by atoms with Crippen molar-refractivity contribution in [3.05, 3.63) is 76.5 Å². The van der Waals surface area contributed by atoms with Gasteiger partial charge in [-0.15, -0.1) is 15.3 Å². The predicted octanol–water partition coefficient (Wildman–Crippen LogP) is 2.00. The Bertz CT molecular complexity index is 1490. The summed E-state index contributed by atoms with van der Waals surface area (Å²) in [6, 6.07) is 13.6. The lowest BCUT2D eigenvalue weighted by Crippen LogP contribution is -2.24. The average Bonchev–Trinajstić information content (AvgIpc) is 3.31. The summed E-state index contributed by atoms with van der Waals surface area (Å²) in [5, 5.41) is 12.6. The highest BCUT2D eigenvalue weighted by Gasteiger charge is 2.22. The van der Waals surface area contributed by atoms with Crippen molar-refractivity contribution in [3.8, 4) is 22.4 Å². The first-order valence-corrected chi connectivity index (χ1v) is 10.1. The number of benzene rings is 1. The molecule has 0 aliphatic rings. The molecule has 160 valence electrons. The number of fused-ring (bicyclic) bond motifs is 1. The van der Waals surface area contributed by atoms with Crippen molar-refractivity contribution in [2.24, 2.45) is 7.05 Å². The molecule has 2 N–H and O–H groups in total. The zero-order valence-electron chi connectivity index (χ0n) is 17.9. The van der Waals surface area contributed by atoms with Gasteiger partial charge in [0.25, 0.3) is 0 Å². The Balaban J connectivity index is 1.84. The number of aryl methyl sites for hydroxylation is 3. The summed E-state index contributed by atoms with van der Waals surface area (Å²) in [5.74, 6) is 0.668. The largest absolute Gasteiger partial charge is 0.369 e. The smallest absolute Gasteiger partial charge is 0.353 e. The molecule has 0 atom stereocenters. The van der Waals surface area contributed by atoms with E-state index >= 15 is 0 Å². The molecule has 4 aromatic heterocycles. The van der Waals surface area contributed by atoms with E-state index in [2.05, 4.69) is 25.3 Å². The molecule has 0 amide bonds. The van der Waals surface area contributed by atoms with E-state index in [0.29, 0.717) is 22.7 Å². The van der Waals surface area contributed by atoms with Crippen LogP contribution in [0.15, 0.2) is 53.6 Å². The highest BCUT2D eigenvalue weighted by molar-refractivity contribution is 5.90. The molecule has 10 nitrogen and oxygen atoms in total. The van der Waals surface area contributed by atoms with Gasteiger partial charge in [-0.3, -0.25) is 4.98 Å². The lowest BCUT2D eigenvalue weighted by Gasteiger charge is -2.13. The van der Waals surface area contributed by atoms with E-state index in [1.165, 1.54) is 9.08 Å². The van der Waals surface area contributed by atoms with Crippen LogP contribution >= 0.6 is 0 Å². The van der Waals surface area contributed by atoms with Gasteiger partial charge in [-0.05, 0) is 31.5 Å². The molecule has 5 aromatic rings. The molecule has 0 bridgehead atoms. The van der Waals surface area contributed by atoms with Gasteiger partial charge in [0.2, 0.25) is 5.95 Å². The minimum atomic E-state index is -0.392. The third-order valence-electron chi connectivity index (χ3n) is 5.27. The summed E-state index contributed by atoms with van der Waals surface area (Å²) in [4.78, 5) is 22.3. The van der Waals surface area contributed by atoms with E-state index in [0.717, 1.165) is 22.5 Å². The van der Waals surface area contributed by atoms with Crippen LogP contribution in [0, 0.1) is 13.8 Å². The normalized spacial score (nSPS) is 11.3. The summed E-state index contributed by atoms with van der Waals surface area (Å²) < 4.78 is 4.41. The van der Waals surface area contributed by atoms with Crippen LogP contribution in [0.2, 0.25) is 0 Å². The first-order valence-electron chi connectivity index (χ1n) is 10.1. The maximum absolute atomic E-state index is 13.2. The van der Waals surface area contributed by atoms with Gasteiger partial charge in [0.1, 0.15) is 12.9 Å². The number of nitrogens with two attached hydrogens (primary N) is 1. The van der Waals surface area contributed by atoms with Crippen molar-refractivity contribution < 1.29 is 0 Å². The van der Waals surface area contributed by atoms with Gasteiger partial charge in [0.05, 0.1) is 11.3 Å². The van der Waals surface area contributed by atoms with Gasteiger partial charge in [0, 0.05) is 24.0 Å². The van der Waals surface area contributed by atoms with Crippen molar-refractivity contribution in [1.29, 1.82) is 0 Å². The van der Waals surface area contributed by atoms with E-state index in [1.54, 1.807) is 10.9 Å². The standard InChI is InChI=1S/C22H21N9O/c1-13-9-16(10-14(2)25-13)18-19(15-7-5-4-6-8-15)26-21(23)31-20(18)28-30(22(31)32)11-17-27-24-12-29(17)3/h4-10,12H,11H2,1-3H3,(H2,23,26). The monoisotopic (exact) mass is 427 g/mol. The second-order valence-electron chi connectivity index (χ2n) is 7.66. The van der Waals surface area contributed by atoms with Crippen molar-refractivity contribution in [2.75, 3.05) is 5.73 Å². The topological polar surface area (TPSA) is 122 Å². The van der Waals surface area contributed by atoms with E-state index < -0.39 is 5.69 Å². The maximum atomic E-state index is 13.2. The highest BCUT2D eigenvalue weighted by atomic mass is 16.2. The minimum absolute atomic E-state index is 0.0688. The SMILES string of the molecule is Cc1cc(-c2c(-c3ccccc3)nc(N)n3c(=O)n(Cc4nncn4C)nc23)cc(C)n1. The Morgan fingerprint density at radius 1 is 1.00 bits per heavy atom. The van der Waals surface area contributed by atoms with E-state index in [1.807, 2.05) is 63.4 Å². The Morgan fingerprint density at radius 2 is 1.72 bits per heavy atom. The first-order chi connectivity index (χ1) is 15.4. The Morgan fingerprint density at radius 3 is 2.38 bits per heavy atom. The van der Waals surface area contributed by atoms with Crippen molar-refractivity contribution in [2.45, 2.75) is 20.4 Å². The molecule has 0 aliphatic heterocycles. The van der Waals surface area contributed by atoms with Gasteiger partial charge in [-0.2, -0.15) is 0 Å². The van der Waals surface area contributed by atoms with Crippen LogP contribution in [0.5, 0.6) is 0 Å². The second-order valence-corrected chi connectivity index (χ2v) is 7.66. The molecule has 4 heterocycles. The minimum Gasteiger partial charge on any atom is -0.369 e. The molecule has 5 rings (SSSR count). The summed E-state index contributed by atoms with van der Waals surface area (Å²) in [6.07, 6.45) is 1.58. The molecular formula is C22H21N9O. The Kier molecular flexibility index (Phi) is 4.54. The molecule has 0 unspecified atom stereocenters. The summed E-state index contributed by atoms with van der Waals surface area (Å²) in [7, 11) is 1.81. The highest BCUT2D eigenvalue weighted by Crippen LogP contribution is 2.34. The quantitative estimate of drug-likeness (QED) is 0.465. The Hall–Kier alpha value is -4.34. The average molecular weight is 427 g/mol. The number of nitrogen functional groups attached to an aromatic ring is 1. The summed E-state index contributed by atoms with van der Waals surface area (Å²) in [6.45, 7) is 4.02. The van der Waals surface area contributed by atoms with Gasteiger partial charge in [0.15, 0.2) is 11.5 Å². The Labute approximate surface area is 183 Å². The van der Waals surface area contributed by atoms with Crippen molar-refractivity contribution >= 4 is 11.6 Å². The molecule has 32 heavy (non-hydrogen) atoms. The van der Waals surface area contributed by atoms with Crippen LogP contribution in [-0.4, -0.2) is 38.9 Å². The molecule has 10 heteroatoms. The van der Waals surface area contributed by atoms with E-state index in [9.17, 15) is 4.79 Å². The number of hydrogen-bond donors (Lipinski definition) is 1. The molecule has 0 fully saturated rings. The van der Waals surface area contributed by atoms with Crippen molar-refractivity contribution in [3.63, 3.8) is 0 Å². The lowest BCUT2D eigenvalue weighted by atomic mass is 9.99. The fourth-order valence-electron chi connectivity index (χ4n) is 3.84. The zero-order valence-corrected chi connectivity index (χ0v) is 17.9. The number of rotatable bonds is 4. The number of hydrogen-bond acceptors (Lipinski definition) is 7. The molecule has 0 radical (unpaired) electrons. The molecule has 0 spiro atoms. The fraction of sp³-hybridized carbons (Fsp3) is 0.182. The predicted molar refractivity (Wildman–Crippen MR) is 120 cm³/mol. The maximum Gasteiger partial charge on any atom is 0.353 e. The van der Waals surface area contributed by atoms with Gasteiger partial charge >= 0.3 is 5.69 Å². The first kappa shape index (κ1) is 19.6. The summed E-state index contributed by atoms with van der Waals surface area (Å²) >= 11 is 0. The van der Waals surface area contributed by atoms with Gasteiger partial charge < -0.3 is 10.3 Å². The van der Waals surface area contributed by atoms with Crippen LogP contribution in [0.3, 0.4) is 0 Å². The fourth-order valence-corrected chi connectivity index (χ4v) is 3.84. The van der Waals surface area contributed by atoms with Gasteiger partial charge in [-0.25, -0.2) is 18.9 Å². The number of nitrogens with zero attached hydrogens (tertiary/aromatic N) is 8. The van der Waals surface area contributed by atoms with Gasteiger partial charge in [-0.1, -0.05) is 30.3 Å². The van der Waals surface area contributed by atoms with Crippen LogP contribution in [-0.2, 0) is 13.6 Å².